The van der Waals surface area contributed by atoms with E-state index in [1.165, 1.54) is 4.31 Å². The smallest absolute Gasteiger partial charge is 0.323 e. The van der Waals surface area contributed by atoms with Gasteiger partial charge in [-0.15, -0.1) is 0 Å². The van der Waals surface area contributed by atoms with Crippen molar-refractivity contribution >= 4 is 33.2 Å². The van der Waals surface area contributed by atoms with E-state index in [1.807, 2.05) is 49.4 Å². The number of benzene rings is 2. The van der Waals surface area contributed by atoms with Crippen molar-refractivity contribution in [2.75, 3.05) is 34.6 Å². The average molecular weight is 459 g/mol. The first kappa shape index (κ1) is 23.8. The summed E-state index contributed by atoms with van der Waals surface area (Å²) in [5.74, 6) is -1.21. The van der Waals surface area contributed by atoms with Gasteiger partial charge in [0.05, 0.1) is 5.69 Å². The molecule has 0 spiro atoms. The van der Waals surface area contributed by atoms with Crippen LogP contribution in [0.1, 0.15) is 38.2 Å². The van der Waals surface area contributed by atoms with Gasteiger partial charge in [-0.25, -0.2) is 8.42 Å². The molecule has 0 bridgehead atoms. The monoisotopic (exact) mass is 458 g/mol. The standard InChI is InChI=1S/C24H30N2O5S/c1-2-3-15-26(22-11-9-21(10-12-22)25-16-13-23(27)14-17-25)32(29,30)19-24(28)31-18-20-7-5-4-6-8-20/h4-12H,2-3,13-19H2,1H3. The summed E-state index contributed by atoms with van der Waals surface area (Å²) in [5.41, 5.74) is 2.28. The highest BCUT2D eigenvalue weighted by atomic mass is 32.2. The van der Waals surface area contributed by atoms with E-state index < -0.39 is 21.7 Å². The van der Waals surface area contributed by atoms with Crippen LogP contribution >= 0.6 is 0 Å². The molecule has 0 atom stereocenters. The summed E-state index contributed by atoms with van der Waals surface area (Å²) in [6.07, 6.45) is 2.56. The van der Waals surface area contributed by atoms with Crippen LogP contribution in [-0.4, -0.2) is 45.6 Å². The van der Waals surface area contributed by atoms with Gasteiger partial charge in [-0.2, -0.15) is 0 Å². The van der Waals surface area contributed by atoms with Gasteiger partial charge < -0.3 is 9.64 Å². The number of hydrogen-bond acceptors (Lipinski definition) is 6. The highest BCUT2D eigenvalue weighted by Gasteiger charge is 2.27. The van der Waals surface area contributed by atoms with Crippen molar-refractivity contribution in [2.45, 2.75) is 39.2 Å². The number of anilines is 2. The molecule has 1 fully saturated rings. The summed E-state index contributed by atoms with van der Waals surface area (Å²) in [6, 6.07) is 16.4. The van der Waals surface area contributed by atoms with E-state index in [1.54, 1.807) is 12.1 Å². The summed E-state index contributed by atoms with van der Waals surface area (Å²) >= 11 is 0. The van der Waals surface area contributed by atoms with Crippen molar-refractivity contribution in [3.05, 3.63) is 60.2 Å². The minimum Gasteiger partial charge on any atom is -0.460 e. The number of carbonyl (C=O) groups excluding carboxylic acids is 2. The molecular weight excluding hydrogens is 428 g/mol. The van der Waals surface area contributed by atoms with Gasteiger partial charge >= 0.3 is 5.97 Å². The Labute approximate surface area is 190 Å². The third-order valence-corrected chi connectivity index (χ3v) is 7.08. The Morgan fingerprint density at radius 2 is 1.69 bits per heavy atom. The maximum atomic E-state index is 13.1. The molecule has 7 nitrogen and oxygen atoms in total. The van der Waals surface area contributed by atoms with Crippen LogP contribution in [0.15, 0.2) is 54.6 Å². The van der Waals surface area contributed by atoms with Gasteiger partial charge in [0, 0.05) is 38.2 Å². The SMILES string of the molecule is CCCCN(c1ccc(N2CCC(=O)CC2)cc1)S(=O)(=O)CC(=O)OCc1ccccc1. The molecule has 1 aliphatic heterocycles. The van der Waals surface area contributed by atoms with Crippen molar-refractivity contribution in [1.29, 1.82) is 0 Å². The summed E-state index contributed by atoms with van der Waals surface area (Å²) in [4.78, 5) is 25.9. The van der Waals surface area contributed by atoms with E-state index in [9.17, 15) is 18.0 Å². The molecule has 2 aromatic carbocycles. The second-order valence-corrected chi connectivity index (χ2v) is 9.76. The van der Waals surface area contributed by atoms with E-state index in [2.05, 4.69) is 4.90 Å². The normalized spacial score (nSPS) is 14.3. The average Bonchev–Trinajstić information content (AvgIpc) is 2.79. The number of piperidine rings is 1. The molecule has 1 saturated heterocycles. The molecule has 0 unspecified atom stereocenters. The Morgan fingerprint density at radius 1 is 1.03 bits per heavy atom. The van der Waals surface area contributed by atoms with Crippen LogP contribution in [-0.2, 0) is 31.0 Å². The highest BCUT2D eigenvalue weighted by molar-refractivity contribution is 7.93. The van der Waals surface area contributed by atoms with Gasteiger partial charge in [0.2, 0.25) is 10.0 Å². The van der Waals surface area contributed by atoms with Crippen LogP contribution in [0, 0.1) is 0 Å². The zero-order chi connectivity index (χ0) is 23.0. The number of unbranched alkanes of at least 4 members (excludes halogenated alkanes) is 1. The van der Waals surface area contributed by atoms with E-state index in [0.717, 1.165) is 17.7 Å². The zero-order valence-corrected chi connectivity index (χ0v) is 19.2. The van der Waals surface area contributed by atoms with Gasteiger partial charge in [0.25, 0.3) is 0 Å². The molecule has 32 heavy (non-hydrogen) atoms. The lowest BCUT2D eigenvalue weighted by Gasteiger charge is -2.29. The molecule has 8 heteroatoms. The third-order valence-electron chi connectivity index (χ3n) is 5.42. The van der Waals surface area contributed by atoms with Crippen LogP contribution < -0.4 is 9.21 Å². The minimum absolute atomic E-state index is 0.0389. The predicted octanol–water partition coefficient (Wildman–Crippen LogP) is 3.54. The number of nitrogens with zero attached hydrogens (tertiary/aromatic N) is 2. The number of carbonyl (C=O) groups is 2. The zero-order valence-electron chi connectivity index (χ0n) is 18.4. The van der Waals surface area contributed by atoms with Crippen molar-refractivity contribution in [3.63, 3.8) is 0 Å². The molecule has 0 amide bonds. The fraction of sp³-hybridized carbons (Fsp3) is 0.417. The lowest BCUT2D eigenvalue weighted by atomic mass is 10.1. The highest BCUT2D eigenvalue weighted by Crippen LogP contribution is 2.25. The summed E-state index contributed by atoms with van der Waals surface area (Å²) in [7, 11) is -3.90. The molecule has 1 aliphatic rings. The first-order valence-corrected chi connectivity index (χ1v) is 12.6. The fourth-order valence-electron chi connectivity index (χ4n) is 3.58. The topological polar surface area (TPSA) is 84.0 Å². The number of Topliss-reactive ketones (excluding diaryl/α,β-unsaturated/α-hetero) is 1. The Morgan fingerprint density at radius 3 is 2.31 bits per heavy atom. The molecule has 0 N–H and O–H groups in total. The summed E-state index contributed by atoms with van der Waals surface area (Å²) < 4.78 is 32.6. The maximum Gasteiger partial charge on any atom is 0.323 e. The van der Waals surface area contributed by atoms with Gasteiger partial charge in [-0.1, -0.05) is 43.7 Å². The van der Waals surface area contributed by atoms with Gasteiger partial charge in [-0.05, 0) is 36.2 Å². The summed E-state index contributed by atoms with van der Waals surface area (Å²) in [5, 5.41) is 0. The van der Waals surface area contributed by atoms with Gasteiger partial charge in [-0.3, -0.25) is 13.9 Å². The minimum atomic E-state index is -3.90. The third kappa shape index (κ3) is 6.56. The number of sulfonamides is 1. The van der Waals surface area contributed by atoms with E-state index >= 15 is 0 Å². The number of esters is 1. The number of ether oxygens (including phenoxy) is 1. The molecule has 0 aliphatic carbocycles. The maximum absolute atomic E-state index is 13.1. The van der Waals surface area contributed by atoms with E-state index in [0.29, 0.717) is 44.6 Å². The Kier molecular flexibility index (Phi) is 8.27. The molecule has 1 heterocycles. The second-order valence-electron chi connectivity index (χ2n) is 7.87. The molecule has 3 rings (SSSR count). The van der Waals surface area contributed by atoms with Crippen LogP contribution in [0.2, 0.25) is 0 Å². The lowest BCUT2D eigenvalue weighted by Crippen LogP contribution is -2.37. The molecule has 0 aromatic heterocycles. The molecule has 2 aromatic rings. The Hall–Kier alpha value is -2.87. The van der Waals surface area contributed by atoms with Crippen molar-refractivity contribution in [2.24, 2.45) is 0 Å². The van der Waals surface area contributed by atoms with Crippen molar-refractivity contribution < 1.29 is 22.7 Å². The number of ketones is 1. The molecule has 0 radical (unpaired) electrons. The van der Waals surface area contributed by atoms with Crippen LogP contribution in [0.25, 0.3) is 0 Å². The van der Waals surface area contributed by atoms with Crippen LogP contribution in [0.5, 0.6) is 0 Å². The van der Waals surface area contributed by atoms with E-state index in [4.69, 9.17) is 4.74 Å². The van der Waals surface area contributed by atoms with Crippen molar-refractivity contribution in [1.82, 2.24) is 0 Å². The largest absolute Gasteiger partial charge is 0.460 e. The van der Waals surface area contributed by atoms with E-state index in [-0.39, 0.29) is 12.4 Å². The van der Waals surface area contributed by atoms with Gasteiger partial charge in [0.1, 0.15) is 12.4 Å². The first-order chi connectivity index (χ1) is 15.4. The number of rotatable bonds is 10. The second kappa shape index (κ2) is 11.1. The van der Waals surface area contributed by atoms with Crippen molar-refractivity contribution in [3.8, 4) is 0 Å². The molecular formula is C24H30N2O5S. The van der Waals surface area contributed by atoms with Crippen LogP contribution in [0.3, 0.4) is 0 Å². The fourth-order valence-corrected chi connectivity index (χ4v) is 4.97. The number of hydrogen-bond donors (Lipinski definition) is 0. The quantitative estimate of drug-likeness (QED) is 0.507. The summed E-state index contributed by atoms with van der Waals surface area (Å²) in [6.45, 7) is 3.66. The first-order valence-electron chi connectivity index (χ1n) is 11.0. The van der Waals surface area contributed by atoms with Gasteiger partial charge in [0.15, 0.2) is 5.75 Å². The Bertz CT molecular complexity index is 996. The van der Waals surface area contributed by atoms with Crippen LogP contribution in [0.4, 0.5) is 11.4 Å². The molecule has 172 valence electrons. The lowest BCUT2D eigenvalue weighted by molar-refractivity contribution is -0.141. The Balaban J connectivity index is 1.68. The molecule has 0 saturated carbocycles. The predicted molar refractivity (Wildman–Crippen MR) is 125 cm³/mol.